The summed E-state index contributed by atoms with van der Waals surface area (Å²) in [5.74, 6) is 1.31. The standard InChI is InChI=1S/C27H37NO3/c1-25(2,3)21-15-17-23(30-26(4,5)6)20(24(21)31-27(7,8)9)14-16-22(29)18-10-12-19(28)13-11-18/h10-17H,28H2,1-9H3. The molecule has 0 aliphatic heterocycles. The molecule has 2 N–H and O–H groups in total. The average molecular weight is 424 g/mol. The third-order valence-electron chi connectivity index (χ3n) is 4.39. The molecule has 0 aromatic heterocycles. The maximum Gasteiger partial charge on any atom is 0.185 e. The van der Waals surface area contributed by atoms with Crippen LogP contribution in [0.5, 0.6) is 11.5 Å². The van der Waals surface area contributed by atoms with Crippen LogP contribution < -0.4 is 15.2 Å². The lowest BCUT2D eigenvalue weighted by molar-refractivity contribution is 0.104. The number of nitrogen functional groups attached to an aromatic ring is 1. The van der Waals surface area contributed by atoms with Crippen molar-refractivity contribution in [3.8, 4) is 11.5 Å². The number of benzene rings is 2. The molecule has 2 aromatic carbocycles. The van der Waals surface area contributed by atoms with Gasteiger partial charge in [-0.2, -0.15) is 0 Å². The van der Waals surface area contributed by atoms with Crippen molar-refractivity contribution in [1.29, 1.82) is 0 Å². The van der Waals surface area contributed by atoms with E-state index in [0.717, 1.165) is 16.9 Å². The Kier molecular flexibility index (Phi) is 6.94. The predicted molar refractivity (Wildman–Crippen MR) is 130 cm³/mol. The van der Waals surface area contributed by atoms with E-state index in [1.165, 1.54) is 0 Å². The summed E-state index contributed by atoms with van der Waals surface area (Å²) in [7, 11) is 0. The zero-order valence-corrected chi connectivity index (χ0v) is 20.4. The number of ether oxygens (including phenoxy) is 2. The van der Waals surface area contributed by atoms with Crippen molar-refractivity contribution < 1.29 is 14.3 Å². The van der Waals surface area contributed by atoms with Crippen LogP contribution in [-0.4, -0.2) is 17.0 Å². The molecule has 0 bridgehead atoms. The predicted octanol–water partition coefficient (Wildman–Crippen LogP) is 6.82. The number of anilines is 1. The number of ketones is 1. The zero-order valence-electron chi connectivity index (χ0n) is 20.4. The van der Waals surface area contributed by atoms with Gasteiger partial charge in [-0.15, -0.1) is 0 Å². The van der Waals surface area contributed by atoms with Crippen LogP contribution in [0.4, 0.5) is 5.69 Å². The minimum atomic E-state index is -0.413. The molecule has 0 spiro atoms. The summed E-state index contributed by atoms with van der Waals surface area (Å²) >= 11 is 0. The van der Waals surface area contributed by atoms with E-state index in [0.29, 0.717) is 17.0 Å². The summed E-state index contributed by atoms with van der Waals surface area (Å²) in [6, 6.07) is 10.9. The normalized spacial score (nSPS) is 12.8. The Morgan fingerprint density at radius 1 is 0.806 bits per heavy atom. The molecule has 31 heavy (non-hydrogen) atoms. The second-order valence-electron chi connectivity index (χ2n) is 10.9. The van der Waals surface area contributed by atoms with Crippen molar-refractivity contribution in [2.24, 2.45) is 0 Å². The summed E-state index contributed by atoms with van der Waals surface area (Å²) in [6.07, 6.45) is 3.37. The van der Waals surface area contributed by atoms with E-state index in [4.69, 9.17) is 15.2 Å². The molecule has 0 unspecified atom stereocenters. The van der Waals surface area contributed by atoms with E-state index in [1.807, 2.05) is 47.6 Å². The highest BCUT2D eigenvalue weighted by atomic mass is 16.5. The van der Waals surface area contributed by atoms with Gasteiger partial charge in [-0.05, 0) is 89.4 Å². The molecule has 2 rings (SSSR count). The third-order valence-corrected chi connectivity index (χ3v) is 4.39. The topological polar surface area (TPSA) is 61.5 Å². The molecule has 0 fully saturated rings. The van der Waals surface area contributed by atoms with E-state index < -0.39 is 11.2 Å². The van der Waals surface area contributed by atoms with Crippen molar-refractivity contribution in [3.63, 3.8) is 0 Å². The van der Waals surface area contributed by atoms with Gasteiger partial charge in [-0.1, -0.05) is 26.8 Å². The molecule has 4 heteroatoms. The number of carbonyl (C=O) groups is 1. The Labute approximate surface area is 187 Å². The zero-order chi connectivity index (χ0) is 23.6. The molecular formula is C27H37NO3. The Morgan fingerprint density at radius 2 is 1.35 bits per heavy atom. The Bertz CT molecular complexity index is 950. The van der Waals surface area contributed by atoms with Gasteiger partial charge < -0.3 is 15.2 Å². The van der Waals surface area contributed by atoms with Gasteiger partial charge in [0.15, 0.2) is 5.78 Å². The van der Waals surface area contributed by atoms with E-state index in [-0.39, 0.29) is 11.2 Å². The van der Waals surface area contributed by atoms with Gasteiger partial charge in [0.05, 0.1) is 5.56 Å². The SMILES string of the molecule is CC(C)(C)Oc1ccc(C(C)(C)C)c(OC(C)(C)C)c1C=CC(=O)c1ccc(N)cc1. The number of carbonyl (C=O) groups excluding carboxylic acids is 1. The summed E-state index contributed by atoms with van der Waals surface area (Å²) < 4.78 is 12.7. The molecule has 4 nitrogen and oxygen atoms in total. The Hall–Kier alpha value is -2.75. The van der Waals surface area contributed by atoms with Crippen LogP contribution in [0.1, 0.15) is 83.8 Å². The quantitative estimate of drug-likeness (QED) is 0.326. The average Bonchev–Trinajstić information content (AvgIpc) is 2.57. The number of hydrogen-bond acceptors (Lipinski definition) is 4. The van der Waals surface area contributed by atoms with Crippen LogP contribution in [0.25, 0.3) is 6.08 Å². The number of rotatable bonds is 5. The minimum absolute atomic E-state index is 0.107. The lowest BCUT2D eigenvalue weighted by Crippen LogP contribution is -2.27. The maximum absolute atomic E-state index is 12.8. The lowest BCUT2D eigenvalue weighted by Gasteiger charge is -2.31. The molecular weight excluding hydrogens is 386 g/mol. The Morgan fingerprint density at radius 3 is 1.84 bits per heavy atom. The molecule has 0 saturated carbocycles. The summed E-state index contributed by atoms with van der Waals surface area (Å²) in [5.41, 5.74) is 7.81. The van der Waals surface area contributed by atoms with Gasteiger partial charge >= 0.3 is 0 Å². The summed E-state index contributed by atoms with van der Waals surface area (Å²) in [4.78, 5) is 12.8. The molecule has 0 amide bonds. The molecule has 2 aromatic rings. The monoisotopic (exact) mass is 423 g/mol. The van der Waals surface area contributed by atoms with Gasteiger partial charge in [-0.25, -0.2) is 0 Å². The van der Waals surface area contributed by atoms with Crippen LogP contribution in [-0.2, 0) is 5.41 Å². The molecule has 0 radical (unpaired) electrons. The molecule has 0 aliphatic rings. The van der Waals surface area contributed by atoms with Crippen LogP contribution in [0.2, 0.25) is 0 Å². The Balaban J connectivity index is 2.66. The summed E-state index contributed by atoms with van der Waals surface area (Å²) in [5, 5.41) is 0. The fraction of sp³-hybridized carbons (Fsp3) is 0.444. The van der Waals surface area contributed by atoms with Crippen molar-refractivity contribution in [2.45, 2.75) is 78.9 Å². The first-order valence-electron chi connectivity index (χ1n) is 10.7. The van der Waals surface area contributed by atoms with Crippen molar-refractivity contribution >= 4 is 17.5 Å². The van der Waals surface area contributed by atoms with Gasteiger partial charge in [0, 0.05) is 16.8 Å². The van der Waals surface area contributed by atoms with Gasteiger partial charge in [-0.3, -0.25) is 4.79 Å². The summed E-state index contributed by atoms with van der Waals surface area (Å²) in [6.45, 7) is 18.5. The highest BCUT2D eigenvalue weighted by Gasteiger charge is 2.27. The van der Waals surface area contributed by atoms with Crippen molar-refractivity contribution in [2.75, 3.05) is 5.73 Å². The lowest BCUT2D eigenvalue weighted by atomic mass is 9.84. The maximum atomic E-state index is 12.8. The van der Waals surface area contributed by atoms with Gasteiger partial charge in [0.25, 0.3) is 0 Å². The van der Waals surface area contributed by atoms with Crippen LogP contribution in [0, 0.1) is 0 Å². The molecule has 0 heterocycles. The molecule has 0 aliphatic carbocycles. The number of nitrogens with two attached hydrogens (primary N) is 1. The largest absolute Gasteiger partial charge is 0.487 e. The smallest absolute Gasteiger partial charge is 0.185 e. The third kappa shape index (κ3) is 7.16. The minimum Gasteiger partial charge on any atom is -0.487 e. The highest BCUT2D eigenvalue weighted by molar-refractivity contribution is 6.07. The molecule has 168 valence electrons. The van der Waals surface area contributed by atoms with E-state index in [1.54, 1.807) is 36.4 Å². The second-order valence-corrected chi connectivity index (χ2v) is 10.9. The fourth-order valence-corrected chi connectivity index (χ4v) is 3.07. The first-order chi connectivity index (χ1) is 14.1. The van der Waals surface area contributed by atoms with E-state index in [9.17, 15) is 4.79 Å². The van der Waals surface area contributed by atoms with Crippen LogP contribution in [0.3, 0.4) is 0 Å². The van der Waals surface area contributed by atoms with Crippen molar-refractivity contribution in [1.82, 2.24) is 0 Å². The number of hydrogen-bond donors (Lipinski definition) is 1. The van der Waals surface area contributed by atoms with Crippen molar-refractivity contribution in [3.05, 3.63) is 59.2 Å². The number of allylic oxidation sites excluding steroid dienone is 1. The molecule has 0 saturated heterocycles. The fourth-order valence-electron chi connectivity index (χ4n) is 3.07. The van der Waals surface area contributed by atoms with Crippen LogP contribution >= 0.6 is 0 Å². The second kappa shape index (κ2) is 8.78. The van der Waals surface area contributed by atoms with E-state index in [2.05, 4.69) is 26.8 Å². The van der Waals surface area contributed by atoms with Gasteiger partial charge in [0.1, 0.15) is 22.7 Å². The van der Waals surface area contributed by atoms with E-state index >= 15 is 0 Å². The molecule has 0 atom stereocenters. The first-order valence-corrected chi connectivity index (χ1v) is 10.7. The highest BCUT2D eigenvalue weighted by Crippen LogP contribution is 2.42. The van der Waals surface area contributed by atoms with Gasteiger partial charge in [0.2, 0.25) is 0 Å². The first kappa shape index (κ1) is 24.5. The van der Waals surface area contributed by atoms with Crippen LogP contribution in [0.15, 0.2) is 42.5 Å².